The topological polar surface area (TPSA) is 58.1 Å². The van der Waals surface area contributed by atoms with Crippen molar-refractivity contribution < 1.29 is 9.47 Å². The summed E-state index contributed by atoms with van der Waals surface area (Å²) in [5, 5.41) is 6.80. The number of nitrogens with zero attached hydrogens (tertiary/aromatic N) is 2. The molecule has 0 saturated carbocycles. The summed E-state index contributed by atoms with van der Waals surface area (Å²) in [5.41, 5.74) is 1.20. The van der Waals surface area contributed by atoms with Crippen LogP contribution in [0.4, 0.5) is 0 Å². The number of guanidine groups is 1. The second-order valence-corrected chi connectivity index (χ2v) is 6.62. The molecular weight excluding hydrogens is 455 g/mol. The zero-order valence-corrected chi connectivity index (χ0v) is 19.3. The Kier molecular flexibility index (Phi) is 12.2. The lowest BCUT2D eigenvalue weighted by atomic mass is 10.1. The molecule has 0 aromatic heterocycles. The van der Waals surface area contributed by atoms with Crippen molar-refractivity contribution in [3.8, 4) is 11.5 Å². The third-order valence-corrected chi connectivity index (χ3v) is 4.80. The summed E-state index contributed by atoms with van der Waals surface area (Å²) in [6, 6.07) is 6.04. The summed E-state index contributed by atoms with van der Waals surface area (Å²) < 4.78 is 10.6. The first-order valence-electron chi connectivity index (χ1n) is 9.64. The molecule has 154 valence electrons. The van der Waals surface area contributed by atoms with Crippen LogP contribution in [-0.2, 0) is 6.42 Å². The van der Waals surface area contributed by atoms with E-state index in [4.69, 9.17) is 9.47 Å². The average Bonchev–Trinajstić information content (AvgIpc) is 2.95. The zero-order chi connectivity index (χ0) is 18.6. The molecule has 0 unspecified atom stereocenters. The number of hydrogen-bond donors (Lipinski definition) is 2. The Morgan fingerprint density at radius 2 is 1.67 bits per heavy atom. The molecule has 1 aromatic rings. The number of aliphatic imine (C=N–C) groups is 1. The Bertz CT molecular complexity index is 561. The lowest BCUT2D eigenvalue weighted by Gasteiger charge is -2.20. The molecule has 0 amide bonds. The Morgan fingerprint density at radius 3 is 2.30 bits per heavy atom. The predicted molar refractivity (Wildman–Crippen MR) is 123 cm³/mol. The lowest BCUT2D eigenvalue weighted by Crippen LogP contribution is -2.42. The van der Waals surface area contributed by atoms with E-state index in [0.29, 0.717) is 0 Å². The van der Waals surface area contributed by atoms with Crippen molar-refractivity contribution in [2.24, 2.45) is 4.99 Å². The fourth-order valence-electron chi connectivity index (χ4n) is 3.27. The minimum absolute atomic E-state index is 0. The van der Waals surface area contributed by atoms with Gasteiger partial charge < -0.3 is 25.0 Å². The van der Waals surface area contributed by atoms with Crippen molar-refractivity contribution in [2.75, 3.05) is 54.0 Å². The summed E-state index contributed by atoms with van der Waals surface area (Å²) in [4.78, 5) is 6.87. The molecule has 0 aliphatic carbocycles. The maximum absolute atomic E-state index is 5.36. The predicted octanol–water partition coefficient (Wildman–Crippen LogP) is 2.91. The number of halogens is 1. The van der Waals surface area contributed by atoms with Gasteiger partial charge in [0.1, 0.15) is 0 Å². The molecule has 7 heteroatoms. The molecule has 1 heterocycles. The van der Waals surface area contributed by atoms with Gasteiger partial charge in [-0.15, -0.1) is 24.0 Å². The lowest BCUT2D eigenvalue weighted by molar-refractivity contribution is 0.289. The monoisotopic (exact) mass is 490 g/mol. The molecule has 0 radical (unpaired) electrons. The van der Waals surface area contributed by atoms with Crippen LogP contribution < -0.4 is 20.1 Å². The SMILES string of the molecule is CN=C(NCCc1ccc(OC)c(OC)c1)NCCN1CCCCCC1.I. The van der Waals surface area contributed by atoms with Crippen LogP contribution in [0.5, 0.6) is 11.5 Å². The average molecular weight is 490 g/mol. The molecular formula is C20H35IN4O2. The second kappa shape index (κ2) is 13.9. The summed E-state index contributed by atoms with van der Waals surface area (Å²) >= 11 is 0. The third-order valence-electron chi connectivity index (χ3n) is 4.80. The van der Waals surface area contributed by atoms with Gasteiger partial charge in [0.25, 0.3) is 0 Å². The van der Waals surface area contributed by atoms with Crippen LogP contribution >= 0.6 is 24.0 Å². The van der Waals surface area contributed by atoms with E-state index in [1.54, 1.807) is 14.2 Å². The number of methoxy groups -OCH3 is 2. The van der Waals surface area contributed by atoms with E-state index in [9.17, 15) is 0 Å². The van der Waals surface area contributed by atoms with Gasteiger partial charge >= 0.3 is 0 Å². The first kappa shape index (κ1) is 23.8. The number of hydrogen-bond acceptors (Lipinski definition) is 4. The standard InChI is InChI=1S/C20H34N4O2.HI/c1-21-20(23-12-15-24-13-6-4-5-7-14-24)22-11-10-17-8-9-18(25-2)19(16-17)26-3;/h8-9,16H,4-7,10-15H2,1-3H3,(H2,21,22,23);1H. The molecule has 1 saturated heterocycles. The Morgan fingerprint density at radius 1 is 1.00 bits per heavy atom. The molecule has 1 aliphatic rings. The number of ether oxygens (including phenoxy) is 2. The van der Waals surface area contributed by atoms with Crippen LogP contribution in [0.25, 0.3) is 0 Å². The van der Waals surface area contributed by atoms with E-state index in [2.05, 4.69) is 26.6 Å². The van der Waals surface area contributed by atoms with Gasteiger partial charge in [-0.1, -0.05) is 18.9 Å². The van der Waals surface area contributed by atoms with E-state index >= 15 is 0 Å². The first-order valence-corrected chi connectivity index (χ1v) is 9.64. The van der Waals surface area contributed by atoms with Gasteiger partial charge in [0.2, 0.25) is 0 Å². The highest BCUT2D eigenvalue weighted by Gasteiger charge is 2.09. The van der Waals surface area contributed by atoms with E-state index < -0.39 is 0 Å². The van der Waals surface area contributed by atoms with Crippen LogP contribution in [-0.4, -0.2) is 64.9 Å². The largest absolute Gasteiger partial charge is 0.493 e. The molecule has 1 aliphatic heterocycles. The fraction of sp³-hybridized carbons (Fsp3) is 0.650. The summed E-state index contributed by atoms with van der Waals surface area (Å²) in [5.74, 6) is 2.39. The molecule has 6 nitrogen and oxygen atoms in total. The van der Waals surface area contributed by atoms with Gasteiger partial charge in [0.05, 0.1) is 14.2 Å². The highest BCUT2D eigenvalue weighted by Crippen LogP contribution is 2.27. The van der Waals surface area contributed by atoms with Crippen molar-refractivity contribution in [1.29, 1.82) is 0 Å². The molecule has 0 spiro atoms. The van der Waals surface area contributed by atoms with Gasteiger partial charge in [-0.05, 0) is 50.0 Å². The minimum Gasteiger partial charge on any atom is -0.493 e. The third kappa shape index (κ3) is 8.55. The van der Waals surface area contributed by atoms with E-state index in [-0.39, 0.29) is 24.0 Å². The normalized spacial score (nSPS) is 15.4. The molecule has 0 bridgehead atoms. The van der Waals surface area contributed by atoms with Crippen molar-refractivity contribution in [3.63, 3.8) is 0 Å². The van der Waals surface area contributed by atoms with Crippen LogP contribution in [0.3, 0.4) is 0 Å². The smallest absolute Gasteiger partial charge is 0.191 e. The highest BCUT2D eigenvalue weighted by atomic mass is 127. The van der Waals surface area contributed by atoms with Crippen molar-refractivity contribution in [2.45, 2.75) is 32.1 Å². The highest BCUT2D eigenvalue weighted by molar-refractivity contribution is 14.0. The summed E-state index contributed by atoms with van der Waals surface area (Å²) in [6.45, 7) is 5.28. The molecule has 27 heavy (non-hydrogen) atoms. The maximum atomic E-state index is 5.36. The zero-order valence-electron chi connectivity index (χ0n) is 16.9. The number of likely N-dealkylation sites (tertiary alicyclic amines) is 1. The summed E-state index contributed by atoms with van der Waals surface area (Å²) in [7, 11) is 5.13. The van der Waals surface area contributed by atoms with Gasteiger partial charge in [-0.3, -0.25) is 4.99 Å². The molecule has 1 fully saturated rings. The van der Waals surface area contributed by atoms with Crippen molar-refractivity contribution in [1.82, 2.24) is 15.5 Å². The van der Waals surface area contributed by atoms with Gasteiger partial charge in [-0.25, -0.2) is 0 Å². The molecule has 2 rings (SSSR count). The Balaban J connectivity index is 0.00000364. The van der Waals surface area contributed by atoms with Crippen LogP contribution in [0.15, 0.2) is 23.2 Å². The number of nitrogens with one attached hydrogen (secondary N) is 2. The Labute approximate surface area is 181 Å². The first-order chi connectivity index (χ1) is 12.8. The maximum Gasteiger partial charge on any atom is 0.191 e. The fourth-order valence-corrected chi connectivity index (χ4v) is 3.27. The Hall–Kier alpha value is -1.22. The van der Waals surface area contributed by atoms with Gasteiger partial charge in [0, 0.05) is 26.7 Å². The molecule has 0 atom stereocenters. The van der Waals surface area contributed by atoms with E-state index in [1.807, 2.05) is 19.2 Å². The van der Waals surface area contributed by atoms with Crippen molar-refractivity contribution in [3.05, 3.63) is 23.8 Å². The number of benzene rings is 1. The van der Waals surface area contributed by atoms with E-state index in [0.717, 1.165) is 43.5 Å². The van der Waals surface area contributed by atoms with Gasteiger partial charge in [-0.2, -0.15) is 0 Å². The molecule has 1 aromatic carbocycles. The number of rotatable bonds is 8. The van der Waals surface area contributed by atoms with Gasteiger partial charge in [0.15, 0.2) is 17.5 Å². The minimum atomic E-state index is 0. The quantitative estimate of drug-likeness (QED) is 0.334. The van der Waals surface area contributed by atoms with Crippen LogP contribution in [0.2, 0.25) is 0 Å². The van der Waals surface area contributed by atoms with Crippen molar-refractivity contribution >= 4 is 29.9 Å². The van der Waals surface area contributed by atoms with Crippen LogP contribution in [0, 0.1) is 0 Å². The molecule has 2 N–H and O–H groups in total. The summed E-state index contributed by atoms with van der Waals surface area (Å²) in [6.07, 6.45) is 6.32. The second-order valence-electron chi connectivity index (χ2n) is 6.62. The van der Waals surface area contributed by atoms with E-state index in [1.165, 1.54) is 44.3 Å². The van der Waals surface area contributed by atoms with Crippen LogP contribution in [0.1, 0.15) is 31.2 Å².